The van der Waals surface area contributed by atoms with Crippen molar-refractivity contribution in [2.45, 2.75) is 27.7 Å². The van der Waals surface area contributed by atoms with Crippen molar-refractivity contribution in [3.05, 3.63) is 41.1 Å². The maximum atomic E-state index is 4.57. The number of nitrogens with one attached hydrogen (secondary N) is 1. The van der Waals surface area contributed by atoms with Crippen LogP contribution in [0.5, 0.6) is 0 Å². The minimum absolute atomic E-state index is 0.798. The first-order valence-corrected chi connectivity index (χ1v) is 6.28. The van der Waals surface area contributed by atoms with Crippen LogP contribution in [0.2, 0.25) is 0 Å². The van der Waals surface area contributed by atoms with Crippen LogP contribution in [0.4, 0.5) is 5.82 Å². The molecular formula is C15H19N3. The summed E-state index contributed by atoms with van der Waals surface area (Å²) in [5.74, 6) is 1.69. The number of anilines is 1. The van der Waals surface area contributed by atoms with Gasteiger partial charge in [-0.15, -0.1) is 0 Å². The molecular weight excluding hydrogens is 222 g/mol. The van der Waals surface area contributed by atoms with Gasteiger partial charge in [-0.05, 0) is 38.8 Å². The Bertz CT molecular complexity index is 562. The molecule has 0 spiro atoms. The predicted octanol–water partition coefficient (Wildman–Crippen LogP) is 3.50. The summed E-state index contributed by atoms with van der Waals surface area (Å²) in [6, 6.07) is 8.21. The van der Waals surface area contributed by atoms with Gasteiger partial charge in [-0.3, -0.25) is 0 Å². The van der Waals surface area contributed by atoms with E-state index in [4.69, 9.17) is 0 Å². The Morgan fingerprint density at radius 1 is 1.11 bits per heavy atom. The van der Waals surface area contributed by atoms with E-state index in [1.54, 1.807) is 0 Å². The lowest BCUT2D eigenvalue weighted by molar-refractivity contribution is 1.07. The summed E-state index contributed by atoms with van der Waals surface area (Å²) in [6.07, 6.45) is 0. The highest BCUT2D eigenvalue weighted by atomic mass is 15.0. The molecule has 0 aliphatic heterocycles. The van der Waals surface area contributed by atoms with E-state index in [9.17, 15) is 0 Å². The highest BCUT2D eigenvalue weighted by Gasteiger charge is 2.08. The monoisotopic (exact) mass is 241 g/mol. The van der Waals surface area contributed by atoms with Gasteiger partial charge < -0.3 is 5.32 Å². The van der Waals surface area contributed by atoms with E-state index < -0.39 is 0 Å². The van der Waals surface area contributed by atoms with Crippen molar-refractivity contribution in [2.75, 3.05) is 11.9 Å². The van der Waals surface area contributed by atoms with Crippen molar-refractivity contribution in [2.24, 2.45) is 0 Å². The standard InChI is InChI=1S/C15H19N3/c1-5-16-14-9-11(3)17-15(18-14)13-8-6-7-10(2)12(13)4/h6-9H,5H2,1-4H3,(H,16,17,18). The smallest absolute Gasteiger partial charge is 0.162 e. The fourth-order valence-corrected chi connectivity index (χ4v) is 1.95. The molecule has 0 unspecified atom stereocenters. The minimum Gasteiger partial charge on any atom is -0.370 e. The van der Waals surface area contributed by atoms with Crippen molar-refractivity contribution < 1.29 is 0 Å². The van der Waals surface area contributed by atoms with Crippen LogP contribution in [0.25, 0.3) is 11.4 Å². The Hall–Kier alpha value is -1.90. The fourth-order valence-electron chi connectivity index (χ4n) is 1.95. The minimum atomic E-state index is 0.798. The van der Waals surface area contributed by atoms with Gasteiger partial charge in [0.25, 0.3) is 0 Å². The van der Waals surface area contributed by atoms with E-state index in [2.05, 4.69) is 54.3 Å². The lowest BCUT2D eigenvalue weighted by Gasteiger charge is -2.10. The first kappa shape index (κ1) is 12.6. The van der Waals surface area contributed by atoms with Crippen LogP contribution in [0.3, 0.4) is 0 Å². The summed E-state index contributed by atoms with van der Waals surface area (Å²) in [7, 11) is 0. The molecule has 0 radical (unpaired) electrons. The van der Waals surface area contributed by atoms with Gasteiger partial charge in [-0.25, -0.2) is 9.97 Å². The molecule has 0 fully saturated rings. The molecule has 0 aliphatic carbocycles. The average Bonchev–Trinajstić information content (AvgIpc) is 2.32. The molecule has 3 heteroatoms. The summed E-state index contributed by atoms with van der Waals surface area (Å²) in [5, 5.41) is 3.24. The highest BCUT2D eigenvalue weighted by molar-refractivity contribution is 5.63. The molecule has 2 aromatic rings. The number of hydrogen-bond acceptors (Lipinski definition) is 3. The van der Waals surface area contributed by atoms with Crippen LogP contribution in [0, 0.1) is 20.8 Å². The predicted molar refractivity (Wildman–Crippen MR) is 75.8 cm³/mol. The zero-order chi connectivity index (χ0) is 13.1. The second-order valence-electron chi connectivity index (χ2n) is 4.50. The van der Waals surface area contributed by atoms with Crippen molar-refractivity contribution in [1.29, 1.82) is 0 Å². The highest BCUT2D eigenvalue weighted by Crippen LogP contribution is 2.23. The molecule has 94 valence electrons. The van der Waals surface area contributed by atoms with Crippen molar-refractivity contribution >= 4 is 5.82 Å². The fraction of sp³-hybridized carbons (Fsp3) is 0.333. The molecule has 0 saturated carbocycles. The number of aromatic nitrogens is 2. The number of aryl methyl sites for hydroxylation is 2. The Labute approximate surface area is 108 Å². The van der Waals surface area contributed by atoms with Gasteiger partial charge in [-0.2, -0.15) is 0 Å². The average molecular weight is 241 g/mol. The van der Waals surface area contributed by atoms with Crippen LogP contribution < -0.4 is 5.32 Å². The largest absolute Gasteiger partial charge is 0.370 e. The van der Waals surface area contributed by atoms with Gasteiger partial charge in [0.05, 0.1) is 0 Å². The Morgan fingerprint density at radius 2 is 1.89 bits per heavy atom. The topological polar surface area (TPSA) is 37.8 Å². The second-order valence-corrected chi connectivity index (χ2v) is 4.50. The van der Waals surface area contributed by atoms with Gasteiger partial charge >= 0.3 is 0 Å². The third-order valence-electron chi connectivity index (χ3n) is 3.06. The Balaban J connectivity index is 2.53. The lowest BCUT2D eigenvalue weighted by Crippen LogP contribution is -2.03. The zero-order valence-electron chi connectivity index (χ0n) is 11.4. The second kappa shape index (κ2) is 5.17. The quantitative estimate of drug-likeness (QED) is 0.893. The van der Waals surface area contributed by atoms with Crippen LogP contribution in [-0.2, 0) is 0 Å². The summed E-state index contributed by atoms with van der Waals surface area (Å²) in [4.78, 5) is 9.11. The lowest BCUT2D eigenvalue weighted by atomic mass is 10.0. The molecule has 1 aromatic heterocycles. The van der Waals surface area contributed by atoms with Gasteiger partial charge in [0.1, 0.15) is 5.82 Å². The molecule has 1 aromatic carbocycles. The number of nitrogens with zero attached hydrogens (tertiary/aromatic N) is 2. The maximum Gasteiger partial charge on any atom is 0.162 e. The van der Waals surface area contributed by atoms with E-state index in [-0.39, 0.29) is 0 Å². The number of benzene rings is 1. The first-order chi connectivity index (χ1) is 8.61. The molecule has 0 aliphatic rings. The number of hydrogen-bond donors (Lipinski definition) is 1. The molecule has 18 heavy (non-hydrogen) atoms. The van der Waals surface area contributed by atoms with E-state index >= 15 is 0 Å². The third kappa shape index (κ3) is 2.50. The van der Waals surface area contributed by atoms with E-state index in [0.717, 1.165) is 29.4 Å². The first-order valence-electron chi connectivity index (χ1n) is 6.28. The van der Waals surface area contributed by atoms with Crippen molar-refractivity contribution in [3.63, 3.8) is 0 Å². The van der Waals surface area contributed by atoms with Gasteiger partial charge in [0.2, 0.25) is 0 Å². The molecule has 0 amide bonds. The molecule has 2 rings (SSSR count). The van der Waals surface area contributed by atoms with Crippen molar-refractivity contribution in [3.8, 4) is 11.4 Å². The zero-order valence-corrected chi connectivity index (χ0v) is 11.4. The summed E-state index contributed by atoms with van der Waals surface area (Å²) in [5.41, 5.74) is 4.60. The Kier molecular flexibility index (Phi) is 3.60. The van der Waals surface area contributed by atoms with Gasteiger partial charge in [0, 0.05) is 23.9 Å². The van der Waals surface area contributed by atoms with E-state index in [1.165, 1.54) is 11.1 Å². The maximum absolute atomic E-state index is 4.57. The van der Waals surface area contributed by atoms with Crippen LogP contribution in [0.15, 0.2) is 24.3 Å². The molecule has 1 N–H and O–H groups in total. The third-order valence-corrected chi connectivity index (χ3v) is 3.06. The van der Waals surface area contributed by atoms with Gasteiger partial charge in [0.15, 0.2) is 5.82 Å². The van der Waals surface area contributed by atoms with Crippen molar-refractivity contribution in [1.82, 2.24) is 9.97 Å². The number of rotatable bonds is 3. The van der Waals surface area contributed by atoms with E-state index in [0.29, 0.717) is 0 Å². The molecule has 3 nitrogen and oxygen atoms in total. The molecule has 0 saturated heterocycles. The van der Waals surface area contributed by atoms with Gasteiger partial charge in [-0.1, -0.05) is 18.2 Å². The van der Waals surface area contributed by atoms with Crippen LogP contribution in [0.1, 0.15) is 23.7 Å². The van der Waals surface area contributed by atoms with Crippen LogP contribution >= 0.6 is 0 Å². The summed E-state index contributed by atoms with van der Waals surface area (Å²) in [6.45, 7) is 9.15. The Morgan fingerprint density at radius 3 is 2.61 bits per heavy atom. The SMILES string of the molecule is CCNc1cc(C)nc(-c2cccc(C)c2C)n1. The van der Waals surface area contributed by atoms with E-state index in [1.807, 2.05) is 13.0 Å². The molecule has 0 bridgehead atoms. The summed E-state index contributed by atoms with van der Waals surface area (Å²) < 4.78 is 0. The van der Waals surface area contributed by atoms with Crippen LogP contribution in [-0.4, -0.2) is 16.5 Å². The molecule has 0 atom stereocenters. The molecule has 1 heterocycles. The summed E-state index contributed by atoms with van der Waals surface area (Å²) >= 11 is 0. The normalized spacial score (nSPS) is 10.4.